The zero-order valence-corrected chi connectivity index (χ0v) is 19.7. The molecule has 1 amide bonds. The first-order chi connectivity index (χ1) is 15.2. The number of unbranched alkanes of at least 4 members (excludes halogenated alkanes) is 1. The number of amides is 1. The lowest BCUT2D eigenvalue weighted by atomic mass is 9.83. The number of hydrogen-bond acceptors (Lipinski definition) is 5. The minimum Gasteiger partial charge on any atom is -0.479 e. The van der Waals surface area contributed by atoms with E-state index in [1.165, 1.54) is 0 Å². The normalized spacial score (nSPS) is 22.5. The number of carboxylic acids is 1. The number of aryl methyl sites for hydroxylation is 1. The molecule has 8 nitrogen and oxygen atoms in total. The van der Waals surface area contributed by atoms with Gasteiger partial charge in [0.25, 0.3) is 0 Å². The highest BCUT2D eigenvalue weighted by Crippen LogP contribution is 2.53. The van der Waals surface area contributed by atoms with Crippen LogP contribution in [0.25, 0.3) is 0 Å². The van der Waals surface area contributed by atoms with Crippen LogP contribution in [0.5, 0.6) is 0 Å². The first-order valence-corrected chi connectivity index (χ1v) is 13.1. The molecule has 2 unspecified atom stereocenters. The van der Waals surface area contributed by atoms with Crippen molar-refractivity contribution in [3.8, 4) is 0 Å². The maximum absolute atomic E-state index is 13.3. The highest BCUT2D eigenvalue weighted by Gasteiger charge is 2.43. The molecule has 0 radical (unpaired) electrons. The predicted molar refractivity (Wildman–Crippen MR) is 123 cm³/mol. The summed E-state index contributed by atoms with van der Waals surface area (Å²) in [6.45, 7) is 2.54. The van der Waals surface area contributed by atoms with Crippen molar-refractivity contribution in [1.29, 1.82) is 0 Å². The lowest BCUT2D eigenvalue weighted by molar-refractivity contribution is -0.145. The number of nitrogens with two attached hydrogens (primary N) is 1. The second-order valence-electron chi connectivity index (χ2n) is 8.80. The highest BCUT2D eigenvalue weighted by atomic mass is 31.2. The number of carbonyl (C=O) groups excluding carboxylic acids is 1. The molecule has 180 valence electrons. The van der Waals surface area contributed by atoms with Gasteiger partial charge >= 0.3 is 13.6 Å². The zero-order valence-electron chi connectivity index (χ0n) is 18.8. The van der Waals surface area contributed by atoms with Crippen molar-refractivity contribution in [3.05, 3.63) is 35.9 Å². The smallest absolute Gasteiger partial charge is 0.351 e. The molecule has 1 aliphatic rings. The molecule has 0 aromatic heterocycles. The third-order valence-corrected chi connectivity index (χ3v) is 7.94. The van der Waals surface area contributed by atoms with E-state index in [2.05, 4.69) is 12.2 Å². The molecule has 1 aliphatic carbocycles. The number of carbonyl (C=O) groups is 2. The summed E-state index contributed by atoms with van der Waals surface area (Å²) >= 11 is 0. The van der Waals surface area contributed by atoms with Crippen LogP contribution in [-0.4, -0.2) is 40.3 Å². The summed E-state index contributed by atoms with van der Waals surface area (Å²) in [5, 5.41) is 12.2. The van der Waals surface area contributed by atoms with Gasteiger partial charge in [-0.15, -0.1) is 0 Å². The molecule has 2 rings (SSSR count). The topological polar surface area (TPSA) is 139 Å². The van der Waals surface area contributed by atoms with E-state index in [0.29, 0.717) is 44.6 Å². The fraction of sp³-hybridized carbons (Fsp3) is 0.652. The SMILES string of the molecule is CC1CCC(C(NC(=O)CCc2ccccc2)P(=O)(O)O[C@@H](CCCCN)C(=O)O)CC1. The Balaban J connectivity index is 2.10. The van der Waals surface area contributed by atoms with Crippen LogP contribution in [-0.2, 0) is 25.1 Å². The molecule has 1 aromatic carbocycles. The van der Waals surface area contributed by atoms with E-state index in [0.717, 1.165) is 18.4 Å². The summed E-state index contributed by atoms with van der Waals surface area (Å²) in [7, 11) is -4.44. The van der Waals surface area contributed by atoms with Gasteiger partial charge in [-0.1, -0.05) is 50.1 Å². The average molecular weight is 469 g/mol. The molecule has 0 saturated heterocycles. The molecular weight excluding hydrogens is 431 g/mol. The van der Waals surface area contributed by atoms with Gasteiger partial charge in [-0.25, -0.2) is 4.79 Å². The summed E-state index contributed by atoms with van der Waals surface area (Å²) in [6.07, 6.45) is 3.58. The predicted octanol–water partition coefficient (Wildman–Crippen LogP) is 3.67. The Morgan fingerprint density at radius 3 is 2.44 bits per heavy atom. The van der Waals surface area contributed by atoms with Crippen LogP contribution in [0.3, 0.4) is 0 Å². The van der Waals surface area contributed by atoms with E-state index in [4.69, 9.17) is 10.3 Å². The molecule has 1 aromatic rings. The van der Waals surface area contributed by atoms with Crippen molar-refractivity contribution >= 4 is 19.5 Å². The van der Waals surface area contributed by atoms with Crippen LogP contribution in [0, 0.1) is 11.8 Å². The summed E-state index contributed by atoms with van der Waals surface area (Å²) in [6, 6.07) is 9.53. The van der Waals surface area contributed by atoms with E-state index in [9.17, 15) is 24.2 Å². The zero-order chi connectivity index (χ0) is 23.6. The van der Waals surface area contributed by atoms with Crippen LogP contribution >= 0.6 is 7.60 Å². The van der Waals surface area contributed by atoms with Gasteiger partial charge in [-0.2, -0.15) is 0 Å². The number of carboxylic acid groups (broad SMARTS) is 1. The van der Waals surface area contributed by atoms with E-state index in [1.807, 2.05) is 30.3 Å². The molecule has 32 heavy (non-hydrogen) atoms. The van der Waals surface area contributed by atoms with Crippen LogP contribution in [0.2, 0.25) is 0 Å². The molecule has 0 heterocycles. The second-order valence-corrected chi connectivity index (χ2v) is 10.7. The molecule has 9 heteroatoms. The third kappa shape index (κ3) is 8.66. The van der Waals surface area contributed by atoms with Gasteiger partial charge in [0.05, 0.1) is 0 Å². The Kier molecular flexibility index (Phi) is 10.9. The molecule has 0 bridgehead atoms. The van der Waals surface area contributed by atoms with Gasteiger partial charge in [0.1, 0.15) is 5.78 Å². The van der Waals surface area contributed by atoms with E-state index >= 15 is 0 Å². The van der Waals surface area contributed by atoms with Crippen molar-refractivity contribution in [3.63, 3.8) is 0 Å². The fourth-order valence-corrected chi connectivity index (χ4v) is 5.98. The quantitative estimate of drug-likeness (QED) is 0.256. The number of nitrogens with one attached hydrogen (secondary N) is 1. The summed E-state index contributed by atoms with van der Waals surface area (Å²) < 4.78 is 18.6. The largest absolute Gasteiger partial charge is 0.479 e. The van der Waals surface area contributed by atoms with Gasteiger partial charge in [0.2, 0.25) is 5.91 Å². The average Bonchev–Trinajstić information content (AvgIpc) is 2.76. The fourth-order valence-electron chi connectivity index (χ4n) is 4.15. The van der Waals surface area contributed by atoms with Crippen LogP contribution in [0.15, 0.2) is 30.3 Å². The minimum atomic E-state index is -4.44. The van der Waals surface area contributed by atoms with Crippen molar-refractivity contribution in [2.45, 2.75) is 76.6 Å². The Morgan fingerprint density at radius 1 is 1.19 bits per heavy atom. The molecule has 5 N–H and O–H groups in total. The minimum absolute atomic E-state index is 0.0907. The second kappa shape index (κ2) is 13.1. The summed E-state index contributed by atoms with van der Waals surface area (Å²) in [5.74, 6) is -2.47. The summed E-state index contributed by atoms with van der Waals surface area (Å²) in [4.78, 5) is 35.1. The molecule has 0 spiro atoms. The van der Waals surface area contributed by atoms with E-state index < -0.39 is 25.5 Å². The van der Waals surface area contributed by atoms with Crippen molar-refractivity contribution < 1.29 is 28.7 Å². The van der Waals surface area contributed by atoms with Gasteiger partial charge in [-0.05, 0) is 62.5 Å². The summed E-state index contributed by atoms with van der Waals surface area (Å²) in [5.41, 5.74) is 6.46. The standard InChI is InChI=1S/C23H37N2O6P/c1-17-10-13-19(14-11-17)22(25-21(26)15-12-18-7-3-2-4-8-18)32(29,30)31-20(23(27)28)9-5-6-16-24/h2-4,7-8,17,19-20,22H,5-6,9-16,24H2,1H3,(H,25,26)(H,27,28)(H,29,30)/t17?,19?,20-,22?/m0/s1. The maximum atomic E-state index is 13.3. The van der Waals surface area contributed by atoms with Crippen molar-refractivity contribution in [1.82, 2.24) is 5.32 Å². The highest BCUT2D eigenvalue weighted by molar-refractivity contribution is 7.53. The maximum Gasteiger partial charge on any atom is 0.351 e. The Labute approximate surface area is 190 Å². The molecule has 0 aliphatic heterocycles. The monoisotopic (exact) mass is 468 g/mol. The number of hydrogen-bond donors (Lipinski definition) is 4. The van der Waals surface area contributed by atoms with Gasteiger partial charge in [0, 0.05) is 6.42 Å². The lowest BCUT2D eigenvalue weighted by Crippen LogP contribution is -2.43. The van der Waals surface area contributed by atoms with Gasteiger partial charge < -0.3 is 21.1 Å². The molecular formula is C23H37N2O6P. The van der Waals surface area contributed by atoms with Crippen LogP contribution in [0.4, 0.5) is 0 Å². The number of benzene rings is 1. The van der Waals surface area contributed by atoms with Gasteiger partial charge in [0.15, 0.2) is 6.10 Å². The molecule has 3 atom stereocenters. The Bertz CT molecular complexity index is 767. The number of rotatable bonds is 13. The van der Waals surface area contributed by atoms with E-state index in [1.54, 1.807) is 0 Å². The van der Waals surface area contributed by atoms with Crippen LogP contribution in [0.1, 0.15) is 63.9 Å². The Hall–Kier alpha value is -1.73. The van der Waals surface area contributed by atoms with Crippen molar-refractivity contribution in [2.24, 2.45) is 17.6 Å². The van der Waals surface area contributed by atoms with Crippen molar-refractivity contribution in [2.75, 3.05) is 6.54 Å². The first kappa shape index (κ1) is 26.5. The Morgan fingerprint density at radius 2 is 1.84 bits per heavy atom. The lowest BCUT2D eigenvalue weighted by Gasteiger charge is -2.35. The molecule has 1 fully saturated rings. The number of aliphatic carboxylic acids is 1. The first-order valence-electron chi connectivity index (χ1n) is 11.5. The third-order valence-electron chi connectivity index (χ3n) is 6.13. The molecule has 1 saturated carbocycles. The van der Waals surface area contributed by atoms with E-state index in [-0.39, 0.29) is 24.7 Å². The van der Waals surface area contributed by atoms with Crippen LogP contribution < -0.4 is 11.1 Å². The van der Waals surface area contributed by atoms with Gasteiger partial charge in [-0.3, -0.25) is 13.9 Å².